The van der Waals surface area contributed by atoms with E-state index in [1.54, 1.807) is 48.4 Å². The summed E-state index contributed by atoms with van der Waals surface area (Å²) in [5, 5.41) is 49.1. The van der Waals surface area contributed by atoms with Crippen molar-refractivity contribution in [2.75, 3.05) is 35.0 Å². The van der Waals surface area contributed by atoms with Crippen LogP contribution in [0.3, 0.4) is 0 Å². The maximum atomic E-state index is 11.7. The smallest absolute Gasteiger partial charge is 0.326 e. The first-order valence-corrected chi connectivity index (χ1v) is 21.4. The van der Waals surface area contributed by atoms with Gasteiger partial charge in [-0.15, -0.1) is 0 Å². The standard InChI is InChI=1S/C10H13N3O.C9H13N3O2.C9H15N3.C5H3ClN2O2.C4H11N.C2H3N.C2H6O.CH3I.CH4O/c1-10(2,3)13-8-4-5-11-6-7(8)12-9(13)14;1-9(2,3)11-7-4-5-10-6-8(7)12(13)14;1-9(2,3)12-8-4-5-11-6-7(8)10;6-4-1-2-7-3-5(4)8(9)10;1-4(2,3)5;2*1-2-3;2*1-2/h4-6H,1-3H3,(H,12,14);4-6H,1-3H3,(H,10,11);4-6H,10H2,1-3H3,(H,11,12);1-3H;5H2,1-3H3;1H3;3H,2H2,1H3;1H3;2H,1H3/i;;;;;;;1D;. The number of nitrogens with zero attached hydrogens (tertiary/aromatic N) is 8. The lowest BCUT2D eigenvalue weighted by Crippen LogP contribution is -2.31. The number of nitriles is 1. The van der Waals surface area contributed by atoms with E-state index in [1.807, 2.05) is 97.0 Å². The van der Waals surface area contributed by atoms with Gasteiger partial charge >= 0.3 is 17.1 Å². The number of aromatic amines is 1. The summed E-state index contributed by atoms with van der Waals surface area (Å²) < 4.78 is 7.94. The first-order valence-electron chi connectivity index (χ1n) is 20.2. The molecule has 5 rings (SSSR count). The summed E-state index contributed by atoms with van der Waals surface area (Å²) in [6.45, 7) is 27.4. The molecule has 5 aromatic rings. The molecule has 0 aliphatic heterocycles. The molecule has 0 bridgehead atoms. The molecule has 5 aromatic heterocycles. The predicted molar refractivity (Wildman–Crippen MR) is 274 cm³/mol. The van der Waals surface area contributed by atoms with E-state index in [4.69, 9.17) is 39.9 Å². The number of fused-ring (bicyclic) bond motifs is 1. The summed E-state index contributed by atoms with van der Waals surface area (Å²) in [6.07, 6.45) is 12.0. The first kappa shape index (κ1) is 63.7. The van der Waals surface area contributed by atoms with Crippen molar-refractivity contribution in [2.45, 2.75) is 119 Å². The monoisotopic (exact) mass is 1040 g/mol. The highest BCUT2D eigenvalue weighted by atomic mass is 127. The van der Waals surface area contributed by atoms with E-state index < -0.39 is 9.85 Å². The van der Waals surface area contributed by atoms with Gasteiger partial charge in [-0.3, -0.25) is 44.7 Å². The molecule has 9 N–H and O–H groups in total. The molecule has 0 atom stereocenters. The average molecular weight is 1050 g/mol. The number of nitrogens with two attached hydrogens (primary N) is 2. The number of nitrogens with one attached hydrogen (secondary N) is 3. The van der Waals surface area contributed by atoms with Gasteiger partial charge in [0.2, 0.25) is 0 Å². The van der Waals surface area contributed by atoms with E-state index >= 15 is 0 Å². The van der Waals surface area contributed by atoms with Crippen LogP contribution in [-0.4, -0.2) is 84.8 Å². The molecule has 0 aliphatic rings. The number of pyridine rings is 4. The van der Waals surface area contributed by atoms with Crippen LogP contribution in [0.25, 0.3) is 11.0 Å². The molecule has 0 saturated carbocycles. The lowest BCUT2D eigenvalue weighted by atomic mass is 10.1. The largest absolute Gasteiger partial charge is 0.400 e. The van der Waals surface area contributed by atoms with Crippen molar-refractivity contribution < 1.29 is 21.4 Å². The minimum absolute atomic E-state index is 0. The molecule has 0 radical (unpaired) electrons. The van der Waals surface area contributed by atoms with Gasteiger partial charge in [0.1, 0.15) is 23.1 Å². The second-order valence-electron chi connectivity index (χ2n) is 16.7. The number of nitrogen functional groups attached to an aromatic ring is 1. The van der Waals surface area contributed by atoms with Gasteiger partial charge in [0, 0.05) is 69.0 Å². The fraction of sp³-hybridized carbons (Fsp3) is 0.488. The quantitative estimate of drug-likeness (QED) is 0.0382. The van der Waals surface area contributed by atoms with Gasteiger partial charge in [0.15, 0.2) is 0 Å². The van der Waals surface area contributed by atoms with Crippen molar-refractivity contribution in [3.8, 4) is 6.07 Å². The Labute approximate surface area is 403 Å². The minimum atomic E-state index is -0.574. The summed E-state index contributed by atoms with van der Waals surface area (Å²) in [7, 11) is 1.00. The number of hydrogen-bond acceptors (Lipinski definition) is 16. The van der Waals surface area contributed by atoms with Crippen LogP contribution < -0.4 is 27.8 Å². The first-order chi connectivity index (χ1) is 30.3. The SMILES string of the molecule is CC#N.CC(C)(C)N.CC(C)(C)Nc1ccncc1N.CC(C)(C)Nc1ccncc1[N+](=O)[O-].CC(C)(C)n1c(=O)[nH]c2cnccc21.CCO.CO.O=[N+]([O-])c1cnccc1Cl.[2H]CI. The highest BCUT2D eigenvalue weighted by molar-refractivity contribution is 14.1. The highest BCUT2D eigenvalue weighted by Gasteiger charge is 2.19. The van der Waals surface area contributed by atoms with E-state index in [2.05, 4.69) is 56.3 Å². The number of hydrogen-bond donors (Lipinski definition) is 7. The van der Waals surface area contributed by atoms with E-state index in [9.17, 15) is 25.0 Å². The van der Waals surface area contributed by atoms with Crippen molar-refractivity contribution in [3.05, 3.63) is 110 Å². The molecule has 0 aliphatic carbocycles. The number of aromatic nitrogens is 6. The topological polar surface area (TPSA) is 316 Å². The molecule has 20 nitrogen and oxygen atoms in total. The van der Waals surface area contributed by atoms with Crippen LogP contribution in [0.4, 0.5) is 28.4 Å². The van der Waals surface area contributed by atoms with Crippen LogP contribution >= 0.6 is 34.2 Å². The second-order valence-corrected chi connectivity index (χ2v) is 17.1. The molecular weight excluding hydrogens is 973 g/mol. The fourth-order valence-electron chi connectivity index (χ4n) is 4.09. The van der Waals surface area contributed by atoms with Crippen LogP contribution in [0.15, 0.2) is 78.6 Å². The molecule has 0 aromatic carbocycles. The second kappa shape index (κ2) is 33.9. The molecule has 22 heteroatoms. The molecule has 364 valence electrons. The van der Waals surface area contributed by atoms with E-state index in [-0.39, 0.29) is 50.8 Å². The van der Waals surface area contributed by atoms with Crippen molar-refractivity contribution in [1.82, 2.24) is 29.5 Å². The number of anilines is 3. The van der Waals surface area contributed by atoms with Gasteiger partial charge in [-0.05, 0) is 119 Å². The van der Waals surface area contributed by atoms with Crippen LogP contribution in [0.1, 0.15) is 98.3 Å². The molecule has 65 heavy (non-hydrogen) atoms. The Hall–Kier alpha value is -5.54. The van der Waals surface area contributed by atoms with Gasteiger partial charge in [0.05, 0.1) is 50.7 Å². The van der Waals surface area contributed by atoms with Gasteiger partial charge < -0.3 is 37.3 Å². The van der Waals surface area contributed by atoms with Crippen molar-refractivity contribution in [2.24, 2.45) is 5.73 Å². The van der Waals surface area contributed by atoms with Gasteiger partial charge in [-0.1, -0.05) is 34.2 Å². The number of rotatable bonds is 4. The Balaban J connectivity index is -0.000000352. The molecule has 0 fully saturated rings. The molecular formula is C43H71ClIN13O7. The van der Waals surface area contributed by atoms with Gasteiger partial charge in [-0.2, -0.15) is 5.26 Å². The summed E-state index contributed by atoms with van der Waals surface area (Å²) in [5.41, 5.74) is 14.2. The normalized spacial score (nSPS) is 10.2. The lowest BCUT2D eigenvalue weighted by Gasteiger charge is -2.22. The zero-order valence-electron chi connectivity index (χ0n) is 41.3. The van der Waals surface area contributed by atoms with Gasteiger partial charge in [0.25, 0.3) is 0 Å². The third-order valence-electron chi connectivity index (χ3n) is 5.97. The zero-order chi connectivity index (χ0) is 52.5. The maximum absolute atomic E-state index is 11.7. The molecule has 0 saturated heterocycles. The number of halogens is 2. The van der Waals surface area contributed by atoms with Crippen LogP contribution in [-0.2, 0) is 5.54 Å². The van der Waals surface area contributed by atoms with Crippen LogP contribution in [0.5, 0.6) is 0 Å². The molecule has 0 unspecified atom stereocenters. The van der Waals surface area contributed by atoms with Crippen molar-refractivity contribution in [1.29, 1.82) is 5.26 Å². The summed E-state index contributed by atoms with van der Waals surface area (Å²) in [6, 6.07) is 8.45. The minimum Gasteiger partial charge on any atom is -0.400 e. The Kier molecular flexibility index (Phi) is 33.2. The number of aliphatic hydroxyl groups is 2. The number of aliphatic hydroxyl groups excluding tert-OH is 2. The predicted octanol–water partition coefficient (Wildman–Crippen LogP) is 9.13. The van der Waals surface area contributed by atoms with E-state index in [0.29, 0.717) is 16.3 Å². The summed E-state index contributed by atoms with van der Waals surface area (Å²) in [5.74, 6) is 0. The van der Waals surface area contributed by atoms with Crippen molar-refractivity contribution >= 4 is 73.7 Å². The van der Waals surface area contributed by atoms with Crippen LogP contribution in [0, 0.1) is 31.6 Å². The summed E-state index contributed by atoms with van der Waals surface area (Å²) >= 11 is 7.39. The van der Waals surface area contributed by atoms with E-state index in [0.717, 1.165) is 30.0 Å². The fourth-order valence-corrected chi connectivity index (χ4v) is 4.27. The highest BCUT2D eigenvalue weighted by Crippen LogP contribution is 2.25. The molecule has 0 spiro atoms. The third-order valence-corrected chi connectivity index (χ3v) is 6.29. The third kappa shape index (κ3) is 33.6. The van der Waals surface area contributed by atoms with Crippen molar-refractivity contribution in [3.63, 3.8) is 0 Å². The number of H-pyrrole nitrogens is 1. The number of alkyl halides is 1. The molecule has 5 heterocycles. The number of imidazole rings is 1. The zero-order valence-corrected chi connectivity index (χ0v) is 43.2. The van der Waals surface area contributed by atoms with Gasteiger partial charge in [-0.25, -0.2) is 4.79 Å². The molecule has 0 amide bonds. The lowest BCUT2D eigenvalue weighted by molar-refractivity contribution is -0.385. The Morgan fingerprint density at radius 3 is 1.55 bits per heavy atom. The van der Waals surface area contributed by atoms with E-state index in [1.165, 1.54) is 31.6 Å². The number of nitro groups is 2. The Bertz CT molecular complexity index is 2190. The summed E-state index contributed by atoms with van der Waals surface area (Å²) in [4.78, 5) is 49.8. The van der Waals surface area contributed by atoms with Crippen LogP contribution in [0.2, 0.25) is 5.02 Å². The maximum Gasteiger partial charge on any atom is 0.326 e. The Morgan fingerprint density at radius 1 is 0.831 bits per heavy atom. The Morgan fingerprint density at radius 2 is 1.18 bits per heavy atom. The average Bonchev–Trinajstić information content (AvgIpc) is 3.53.